The third-order valence-electron chi connectivity index (χ3n) is 2.98. The van der Waals surface area contributed by atoms with Gasteiger partial charge in [0.05, 0.1) is 0 Å². The summed E-state index contributed by atoms with van der Waals surface area (Å²) in [4.78, 5) is 0. The van der Waals surface area contributed by atoms with Crippen molar-refractivity contribution in [1.29, 1.82) is 0 Å². The van der Waals surface area contributed by atoms with Gasteiger partial charge in [0.1, 0.15) is 11.6 Å². The summed E-state index contributed by atoms with van der Waals surface area (Å²) in [6.45, 7) is 1.53. The number of hydrogen-bond acceptors (Lipinski definition) is 1. The van der Waals surface area contributed by atoms with Crippen molar-refractivity contribution in [3.8, 4) is 0 Å². The molecule has 1 unspecified atom stereocenters. The quantitative estimate of drug-likeness (QED) is 0.882. The normalized spacial score (nSPS) is 12.4. The van der Waals surface area contributed by atoms with Gasteiger partial charge in [0.15, 0.2) is 0 Å². The lowest BCUT2D eigenvalue weighted by atomic mass is 9.98. The van der Waals surface area contributed by atoms with Crippen molar-refractivity contribution in [1.82, 2.24) is 0 Å². The molecule has 0 amide bonds. The molecule has 0 aromatic heterocycles. The van der Waals surface area contributed by atoms with Gasteiger partial charge in [0, 0.05) is 11.6 Å². The molecule has 94 valence electrons. The van der Waals surface area contributed by atoms with Gasteiger partial charge < -0.3 is 5.73 Å². The topological polar surface area (TPSA) is 26.0 Å². The molecule has 0 saturated heterocycles. The highest BCUT2D eigenvalue weighted by Crippen LogP contribution is 2.22. The van der Waals surface area contributed by atoms with Crippen LogP contribution in [0.15, 0.2) is 42.5 Å². The molecule has 2 aromatic carbocycles. The maximum Gasteiger partial charge on any atom is 0.128 e. The zero-order valence-electron chi connectivity index (χ0n) is 10.2. The van der Waals surface area contributed by atoms with Gasteiger partial charge in [-0.25, -0.2) is 8.78 Å². The average molecular weight is 247 g/mol. The Bertz CT molecular complexity index is 538. The predicted molar refractivity (Wildman–Crippen MR) is 68.2 cm³/mol. The Morgan fingerprint density at radius 1 is 1.06 bits per heavy atom. The van der Waals surface area contributed by atoms with Crippen molar-refractivity contribution < 1.29 is 8.78 Å². The van der Waals surface area contributed by atoms with Crippen LogP contribution in [0.1, 0.15) is 22.7 Å². The molecule has 0 radical (unpaired) electrons. The number of halogens is 2. The second-order valence-corrected chi connectivity index (χ2v) is 4.42. The highest BCUT2D eigenvalue weighted by molar-refractivity contribution is 5.29. The molecule has 0 aliphatic carbocycles. The van der Waals surface area contributed by atoms with Gasteiger partial charge in [-0.15, -0.1) is 0 Å². The Morgan fingerprint density at radius 2 is 1.72 bits per heavy atom. The van der Waals surface area contributed by atoms with E-state index in [1.54, 1.807) is 0 Å². The molecule has 0 aliphatic heterocycles. The molecule has 0 saturated carbocycles. The molecule has 0 spiro atoms. The molecule has 2 rings (SSSR count). The van der Waals surface area contributed by atoms with Crippen molar-refractivity contribution in [2.24, 2.45) is 5.73 Å². The average Bonchev–Trinajstić information content (AvgIpc) is 2.35. The minimum absolute atomic E-state index is 0.224. The van der Waals surface area contributed by atoms with Gasteiger partial charge in [0.2, 0.25) is 0 Å². The molecule has 0 fully saturated rings. The first-order valence-electron chi connectivity index (χ1n) is 5.83. The maximum atomic E-state index is 13.7. The number of hydrogen-bond donors (Lipinski definition) is 1. The van der Waals surface area contributed by atoms with Crippen molar-refractivity contribution in [2.75, 3.05) is 0 Å². The van der Waals surface area contributed by atoms with Gasteiger partial charge >= 0.3 is 0 Å². The molecule has 0 heterocycles. The second kappa shape index (κ2) is 5.27. The van der Waals surface area contributed by atoms with E-state index in [0.717, 1.165) is 5.56 Å². The molecule has 1 nitrogen and oxygen atoms in total. The van der Waals surface area contributed by atoms with Crippen molar-refractivity contribution in [2.45, 2.75) is 19.4 Å². The summed E-state index contributed by atoms with van der Waals surface area (Å²) >= 11 is 0. The zero-order valence-corrected chi connectivity index (χ0v) is 10.2. The molecule has 18 heavy (non-hydrogen) atoms. The molecule has 0 bridgehead atoms. The summed E-state index contributed by atoms with van der Waals surface area (Å²) in [5.74, 6) is -0.868. The molecule has 2 aromatic rings. The van der Waals surface area contributed by atoms with Crippen molar-refractivity contribution in [3.63, 3.8) is 0 Å². The number of benzene rings is 2. The van der Waals surface area contributed by atoms with Crippen molar-refractivity contribution >= 4 is 0 Å². The third-order valence-corrected chi connectivity index (χ3v) is 2.98. The standard InChI is InChI=1S/C15H15F2N/c1-10-7-14(17)12(9-13(10)16)15(18)8-11-5-3-2-4-6-11/h2-7,9,15H,8,18H2,1H3. The van der Waals surface area contributed by atoms with Gasteiger partial charge in [-0.2, -0.15) is 0 Å². The van der Waals surface area contributed by atoms with E-state index in [1.165, 1.54) is 19.1 Å². The lowest BCUT2D eigenvalue weighted by molar-refractivity contribution is 0.556. The summed E-state index contributed by atoms with van der Waals surface area (Å²) in [6, 6.07) is 11.4. The highest BCUT2D eigenvalue weighted by Gasteiger charge is 2.14. The SMILES string of the molecule is Cc1cc(F)c(C(N)Cc2ccccc2)cc1F. The fourth-order valence-electron chi connectivity index (χ4n) is 1.92. The van der Waals surface area contributed by atoms with Crippen LogP contribution in [0, 0.1) is 18.6 Å². The van der Waals surface area contributed by atoms with Gasteiger partial charge in [-0.05, 0) is 36.6 Å². The minimum atomic E-state index is -0.539. The molecular formula is C15H15F2N. The van der Waals surface area contributed by atoms with Crippen LogP contribution >= 0.6 is 0 Å². The molecule has 0 aliphatic rings. The molecule has 3 heteroatoms. The van der Waals surface area contributed by atoms with Gasteiger partial charge in [-0.3, -0.25) is 0 Å². The van der Waals surface area contributed by atoms with E-state index in [9.17, 15) is 8.78 Å². The first kappa shape index (κ1) is 12.7. The van der Waals surface area contributed by atoms with E-state index in [1.807, 2.05) is 30.3 Å². The van der Waals surface area contributed by atoms with Crippen LogP contribution in [0.2, 0.25) is 0 Å². The number of nitrogens with two attached hydrogens (primary N) is 1. The van der Waals surface area contributed by atoms with E-state index < -0.39 is 17.7 Å². The van der Waals surface area contributed by atoms with E-state index in [0.29, 0.717) is 12.0 Å². The first-order chi connectivity index (χ1) is 8.58. The van der Waals surface area contributed by atoms with Crippen LogP contribution in [-0.2, 0) is 6.42 Å². The Hall–Kier alpha value is -1.74. The first-order valence-corrected chi connectivity index (χ1v) is 5.83. The Labute approximate surface area is 105 Å². The fourth-order valence-corrected chi connectivity index (χ4v) is 1.92. The number of rotatable bonds is 3. The van der Waals surface area contributed by atoms with Crippen LogP contribution in [0.5, 0.6) is 0 Å². The number of aryl methyl sites for hydroxylation is 1. The van der Waals surface area contributed by atoms with Crippen LogP contribution in [0.25, 0.3) is 0 Å². The smallest absolute Gasteiger partial charge is 0.128 e. The highest BCUT2D eigenvalue weighted by atomic mass is 19.1. The Kier molecular flexibility index (Phi) is 3.72. The maximum absolute atomic E-state index is 13.7. The van der Waals surface area contributed by atoms with Gasteiger partial charge in [-0.1, -0.05) is 30.3 Å². The van der Waals surface area contributed by atoms with E-state index >= 15 is 0 Å². The van der Waals surface area contributed by atoms with Crippen LogP contribution in [-0.4, -0.2) is 0 Å². The fraction of sp³-hybridized carbons (Fsp3) is 0.200. The van der Waals surface area contributed by atoms with E-state index in [2.05, 4.69) is 0 Å². The summed E-state index contributed by atoms with van der Waals surface area (Å²) in [5, 5.41) is 0. The zero-order chi connectivity index (χ0) is 13.1. The lowest BCUT2D eigenvalue weighted by Crippen LogP contribution is -2.15. The van der Waals surface area contributed by atoms with Crippen LogP contribution in [0.3, 0.4) is 0 Å². The molecule has 2 N–H and O–H groups in total. The summed E-state index contributed by atoms with van der Waals surface area (Å²) in [5.41, 5.74) is 7.46. The lowest BCUT2D eigenvalue weighted by Gasteiger charge is -2.14. The van der Waals surface area contributed by atoms with Gasteiger partial charge in [0.25, 0.3) is 0 Å². The van der Waals surface area contributed by atoms with E-state index in [-0.39, 0.29) is 5.56 Å². The monoisotopic (exact) mass is 247 g/mol. The summed E-state index contributed by atoms with van der Waals surface area (Å²) in [7, 11) is 0. The van der Waals surface area contributed by atoms with E-state index in [4.69, 9.17) is 5.73 Å². The predicted octanol–water partition coefficient (Wildman–Crippen LogP) is 3.52. The van der Waals surface area contributed by atoms with Crippen LogP contribution < -0.4 is 5.73 Å². The minimum Gasteiger partial charge on any atom is -0.324 e. The van der Waals surface area contributed by atoms with Crippen molar-refractivity contribution in [3.05, 3.63) is 70.8 Å². The third kappa shape index (κ3) is 2.74. The van der Waals surface area contributed by atoms with Crippen LogP contribution in [0.4, 0.5) is 8.78 Å². The summed E-state index contributed by atoms with van der Waals surface area (Å²) < 4.78 is 27.2. The molecule has 1 atom stereocenters. The summed E-state index contributed by atoms with van der Waals surface area (Å²) in [6.07, 6.45) is 0.486. The Balaban J connectivity index is 2.24. The molecular weight excluding hydrogens is 232 g/mol. The largest absolute Gasteiger partial charge is 0.324 e. The Morgan fingerprint density at radius 3 is 2.39 bits per heavy atom. The second-order valence-electron chi connectivity index (χ2n) is 4.42.